The Labute approximate surface area is 154 Å². The summed E-state index contributed by atoms with van der Waals surface area (Å²) in [5, 5.41) is 8.55. The quantitative estimate of drug-likeness (QED) is 0.408. The number of nitrogens with zero attached hydrogens (tertiary/aromatic N) is 4. The van der Waals surface area contributed by atoms with Gasteiger partial charge in [-0.05, 0) is 29.8 Å². The Kier molecular flexibility index (Phi) is 4.25. The van der Waals surface area contributed by atoms with Gasteiger partial charge in [-0.15, -0.1) is 5.10 Å². The minimum absolute atomic E-state index is 0.0641. The molecule has 2 aromatic carbocycles. The highest BCUT2D eigenvalue weighted by atomic mass is 16.4. The van der Waals surface area contributed by atoms with Crippen molar-refractivity contribution >= 4 is 28.9 Å². The van der Waals surface area contributed by atoms with Gasteiger partial charge in [-0.3, -0.25) is 0 Å². The third kappa shape index (κ3) is 3.48. The zero-order valence-electron chi connectivity index (χ0n) is 14.8. The van der Waals surface area contributed by atoms with E-state index in [4.69, 9.17) is 8.83 Å². The summed E-state index contributed by atoms with van der Waals surface area (Å²) in [6.07, 6.45) is 1.62. The van der Waals surface area contributed by atoms with Crippen molar-refractivity contribution in [3.05, 3.63) is 70.6 Å². The van der Waals surface area contributed by atoms with Crippen LogP contribution < -0.4 is 10.5 Å². The van der Waals surface area contributed by atoms with Gasteiger partial charge in [0.1, 0.15) is 11.1 Å². The van der Waals surface area contributed by atoms with E-state index in [0.717, 1.165) is 16.6 Å². The first-order valence-corrected chi connectivity index (χ1v) is 8.28. The zero-order chi connectivity index (χ0) is 18.8. The summed E-state index contributed by atoms with van der Waals surface area (Å²) in [6.45, 7) is 0. The van der Waals surface area contributed by atoms with Crippen LogP contribution in [0.3, 0.4) is 0 Å². The summed E-state index contributed by atoms with van der Waals surface area (Å²) in [6, 6.07) is 16.8. The Morgan fingerprint density at radius 2 is 1.78 bits per heavy atom. The van der Waals surface area contributed by atoms with E-state index in [1.807, 2.05) is 55.4 Å². The topological polar surface area (TPSA) is 84.7 Å². The maximum Gasteiger partial charge on any atom is 0.349 e. The number of hydrogen-bond acceptors (Lipinski definition) is 7. The van der Waals surface area contributed by atoms with Gasteiger partial charge in [0.25, 0.3) is 5.89 Å². The third-order valence-corrected chi connectivity index (χ3v) is 4.02. The predicted octanol–water partition coefficient (Wildman–Crippen LogP) is 3.66. The van der Waals surface area contributed by atoms with E-state index in [9.17, 15) is 4.79 Å². The van der Waals surface area contributed by atoms with Gasteiger partial charge in [0.2, 0.25) is 0 Å². The normalized spacial score (nSPS) is 11.3. The molecule has 0 fully saturated rings. The fraction of sp³-hybridized carbons (Fsp3) is 0.100. The highest BCUT2D eigenvalue weighted by Gasteiger charge is 2.14. The van der Waals surface area contributed by atoms with Crippen LogP contribution in [0.25, 0.3) is 22.4 Å². The lowest BCUT2D eigenvalue weighted by Crippen LogP contribution is -2.08. The van der Waals surface area contributed by atoms with Gasteiger partial charge in [-0.1, -0.05) is 35.4 Å². The minimum Gasteiger partial charge on any atom is -0.422 e. The number of benzene rings is 2. The second kappa shape index (κ2) is 6.87. The maximum atomic E-state index is 12.2. The molecule has 0 bridgehead atoms. The van der Waals surface area contributed by atoms with E-state index in [2.05, 4.69) is 15.2 Å². The molecule has 0 saturated carbocycles. The second-order valence-corrected chi connectivity index (χ2v) is 6.12. The lowest BCUT2D eigenvalue weighted by atomic mass is 10.2. The van der Waals surface area contributed by atoms with Gasteiger partial charge in [-0.25, -0.2) is 9.79 Å². The lowest BCUT2D eigenvalue weighted by Gasteiger charge is -2.11. The van der Waals surface area contributed by atoms with Gasteiger partial charge in [0.15, 0.2) is 0 Å². The van der Waals surface area contributed by atoms with Crippen LogP contribution in [0.5, 0.6) is 0 Å². The largest absolute Gasteiger partial charge is 0.422 e. The molecule has 0 aliphatic heterocycles. The monoisotopic (exact) mass is 360 g/mol. The molecule has 0 radical (unpaired) electrons. The SMILES string of the molecule is CN(C)c1ccc(/C=N/c2nnc(-c3cc4ccccc4oc3=O)o2)cc1. The van der Waals surface area contributed by atoms with Crippen molar-refractivity contribution in [2.45, 2.75) is 0 Å². The number of rotatable bonds is 4. The van der Waals surface area contributed by atoms with Gasteiger partial charge in [-0.2, -0.15) is 0 Å². The fourth-order valence-corrected chi connectivity index (χ4v) is 2.58. The number of aliphatic imine (C=N–C) groups is 1. The molecule has 0 atom stereocenters. The number of fused-ring (bicyclic) bond motifs is 1. The molecule has 0 aliphatic rings. The first-order valence-electron chi connectivity index (χ1n) is 8.28. The summed E-state index contributed by atoms with van der Waals surface area (Å²) in [5.41, 5.74) is 2.16. The van der Waals surface area contributed by atoms with E-state index in [-0.39, 0.29) is 17.5 Å². The van der Waals surface area contributed by atoms with Gasteiger partial charge < -0.3 is 13.7 Å². The molecule has 7 nitrogen and oxygen atoms in total. The summed E-state index contributed by atoms with van der Waals surface area (Å²) in [7, 11) is 3.96. The van der Waals surface area contributed by atoms with Crippen molar-refractivity contribution in [2.24, 2.45) is 4.99 Å². The van der Waals surface area contributed by atoms with Gasteiger partial charge in [0, 0.05) is 31.4 Å². The van der Waals surface area contributed by atoms with Crippen molar-refractivity contribution in [3.63, 3.8) is 0 Å². The molecule has 0 unspecified atom stereocenters. The van der Waals surface area contributed by atoms with Crippen LogP contribution >= 0.6 is 0 Å². The van der Waals surface area contributed by atoms with Crippen molar-refractivity contribution in [2.75, 3.05) is 19.0 Å². The molecule has 134 valence electrons. The number of hydrogen-bond donors (Lipinski definition) is 0. The minimum atomic E-state index is -0.535. The average Bonchev–Trinajstić information content (AvgIpc) is 3.15. The first kappa shape index (κ1) is 16.7. The number of para-hydroxylation sites is 1. The lowest BCUT2D eigenvalue weighted by molar-refractivity contribution is 0.546. The molecule has 0 aliphatic carbocycles. The van der Waals surface area contributed by atoms with E-state index in [0.29, 0.717) is 5.58 Å². The molecule has 0 spiro atoms. The van der Waals surface area contributed by atoms with E-state index in [1.54, 1.807) is 24.4 Å². The molecule has 0 amide bonds. The van der Waals surface area contributed by atoms with Crippen molar-refractivity contribution in [3.8, 4) is 11.5 Å². The summed E-state index contributed by atoms with van der Waals surface area (Å²) in [4.78, 5) is 18.4. The third-order valence-electron chi connectivity index (χ3n) is 4.02. The van der Waals surface area contributed by atoms with Crippen molar-refractivity contribution < 1.29 is 8.83 Å². The first-order chi connectivity index (χ1) is 13.1. The summed E-state index contributed by atoms with van der Waals surface area (Å²) < 4.78 is 10.8. The van der Waals surface area contributed by atoms with Crippen LogP contribution in [-0.2, 0) is 0 Å². The van der Waals surface area contributed by atoms with Gasteiger partial charge >= 0.3 is 11.6 Å². The smallest absolute Gasteiger partial charge is 0.349 e. The Hall–Kier alpha value is -3.74. The second-order valence-electron chi connectivity index (χ2n) is 6.12. The van der Waals surface area contributed by atoms with E-state index < -0.39 is 5.63 Å². The Morgan fingerprint density at radius 1 is 1.00 bits per heavy atom. The van der Waals surface area contributed by atoms with E-state index >= 15 is 0 Å². The molecule has 7 heteroatoms. The molecule has 0 N–H and O–H groups in total. The molecule has 4 rings (SSSR count). The molecule has 2 heterocycles. The van der Waals surface area contributed by atoms with Crippen LogP contribution in [0.15, 0.2) is 73.2 Å². The van der Waals surface area contributed by atoms with Crippen LogP contribution in [0.1, 0.15) is 5.56 Å². The predicted molar refractivity (Wildman–Crippen MR) is 104 cm³/mol. The standard InChI is InChI=1S/C20H16N4O3/c1-24(2)15-9-7-13(8-10-15)12-21-20-23-22-18(27-20)16-11-14-5-3-4-6-17(14)26-19(16)25/h3-12H,1-2H3/b21-12+. The maximum absolute atomic E-state index is 12.2. The number of aromatic nitrogens is 2. The average molecular weight is 360 g/mol. The molecule has 2 aromatic heterocycles. The summed E-state index contributed by atoms with van der Waals surface area (Å²) in [5.74, 6) is 0.0737. The molecular formula is C20H16N4O3. The zero-order valence-corrected chi connectivity index (χ0v) is 14.8. The molecule has 0 saturated heterocycles. The van der Waals surface area contributed by atoms with Crippen molar-refractivity contribution in [1.29, 1.82) is 0 Å². The van der Waals surface area contributed by atoms with Crippen LogP contribution in [-0.4, -0.2) is 30.5 Å². The highest BCUT2D eigenvalue weighted by molar-refractivity contribution is 5.82. The Balaban J connectivity index is 1.60. The summed E-state index contributed by atoms with van der Waals surface area (Å²) >= 11 is 0. The molecule has 4 aromatic rings. The fourth-order valence-electron chi connectivity index (χ4n) is 2.58. The highest BCUT2D eigenvalue weighted by Crippen LogP contribution is 2.22. The van der Waals surface area contributed by atoms with Gasteiger partial charge in [0.05, 0.1) is 0 Å². The van der Waals surface area contributed by atoms with E-state index in [1.165, 1.54) is 0 Å². The molecular weight excluding hydrogens is 344 g/mol. The van der Waals surface area contributed by atoms with Crippen LogP contribution in [0.4, 0.5) is 11.7 Å². The van der Waals surface area contributed by atoms with Crippen molar-refractivity contribution in [1.82, 2.24) is 10.2 Å². The molecule has 27 heavy (non-hydrogen) atoms. The van der Waals surface area contributed by atoms with Crippen LogP contribution in [0.2, 0.25) is 0 Å². The Bertz CT molecular complexity index is 1170. The number of anilines is 1. The van der Waals surface area contributed by atoms with Crippen LogP contribution in [0, 0.1) is 0 Å². The Morgan fingerprint density at radius 3 is 2.56 bits per heavy atom.